The van der Waals surface area contributed by atoms with E-state index in [1.807, 2.05) is 48.5 Å². The van der Waals surface area contributed by atoms with Crippen LogP contribution >= 0.6 is 0 Å². The number of esters is 1. The molecular formula is C25H28O8. The van der Waals surface area contributed by atoms with Gasteiger partial charge in [-0.2, -0.15) is 0 Å². The van der Waals surface area contributed by atoms with E-state index in [1.165, 1.54) is 0 Å². The van der Waals surface area contributed by atoms with Crippen LogP contribution in [0.4, 0.5) is 0 Å². The van der Waals surface area contributed by atoms with Crippen LogP contribution in [0.25, 0.3) is 22.3 Å². The van der Waals surface area contributed by atoms with Gasteiger partial charge in [0, 0.05) is 23.1 Å². The highest BCUT2D eigenvalue weighted by atomic mass is 16.6. The monoisotopic (exact) mass is 456 g/mol. The first-order chi connectivity index (χ1) is 16.0. The molecule has 8 nitrogen and oxygen atoms in total. The predicted octanol–water partition coefficient (Wildman–Crippen LogP) is 2.96. The summed E-state index contributed by atoms with van der Waals surface area (Å²) in [5.74, 6) is 0.767. The first-order valence-corrected chi connectivity index (χ1v) is 10.6. The van der Waals surface area contributed by atoms with Gasteiger partial charge < -0.3 is 33.6 Å². The average molecular weight is 456 g/mol. The van der Waals surface area contributed by atoms with Gasteiger partial charge in [0.05, 0.1) is 26.4 Å². The fourth-order valence-electron chi connectivity index (χ4n) is 2.93. The van der Waals surface area contributed by atoms with Gasteiger partial charge in [-0.1, -0.05) is 36.9 Å². The second-order valence-corrected chi connectivity index (χ2v) is 7.28. The van der Waals surface area contributed by atoms with Crippen LogP contribution < -0.4 is 4.74 Å². The number of aliphatic hydroxyl groups is 2. The summed E-state index contributed by atoms with van der Waals surface area (Å²) >= 11 is 0. The number of hydrogen-bond donors (Lipinski definition) is 2. The molecule has 0 bridgehead atoms. The number of aliphatic hydroxyl groups excluding tert-OH is 2. The highest BCUT2D eigenvalue weighted by molar-refractivity contribution is 5.84. The minimum atomic E-state index is -0.928. The van der Waals surface area contributed by atoms with E-state index in [0.717, 1.165) is 22.8 Å². The van der Waals surface area contributed by atoms with E-state index in [9.17, 15) is 15.0 Å². The molecule has 33 heavy (non-hydrogen) atoms. The molecule has 2 aromatic carbocycles. The molecule has 3 rings (SSSR count). The number of ether oxygens (including phenoxy) is 4. The van der Waals surface area contributed by atoms with Gasteiger partial charge in [-0.15, -0.1) is 0 Å². The lowest BCUT2D eigenvalue weighted by molar-refractivity contribution is -0.142. The van der Waals surface area contributed by atoms with E-state index in [-0.39, 0.29) is 39.6 Å². The van der Waals surface area contributed by atoms with Gasteiger partial charge in [0.2, 0.25) is 0 Å². The maximum absolute atomic E-state index is 10.9. The zero-order valence-corrected chi connectivity index (χ0v) is 18.2. The number of furan rings is 1. The molecule has 0 saturated carbocycles. The highest BCUT2D eigenvalue weighted by Gasteiger charge is 2.10. The smallest absolute Gasteiger partial charge is 0.330 e. The van der Waals surface area contributed by atoms with Crippen LogP contribution in [-0.2, 0) is 19.0 Å². The molecule has 2 atom stereocenters. The second kappa shape index (κ2) is 12.8. The number of rotatable bonds is 14. The minimum Gasteiger partial charge on any atom is -0.491 e. The van der Waals surface area contributed by atoms with Crippen molar-refractivity contribution in [3.8, 4) is 17.1 Å². The van der Waals surface area contributed by atoms with Crippen LogP contribution in [0.15, 0.2) is 71.7 Å². The van der Waals surface area contributed by atoms with Gasteiger partial charge in [-0.05, 0) is 18.2 Å². The van der Waals surface area contributed by atoms with Crippen molar-refractivity contribution in [2.24, 2.45) is 0 Å². The molecular weight excluding hydrogens is 428 g/mol. The summed E-state index contributed by atoms with van der Waals surface area (Å²) < 4.78 is 26.9. The molecule has 0 amide bonds. The lowest BCUT2D eigenvalue weighted by Crippen LogP contribution is -2.26. The topological polar surface area (TPSA) is 108 Å². The normalized spacial score (nSPS) is 12.9. The quantitative estimate of drug-likeness (QED) is 0.217. The van der Waals surface area contributed by atoms with Gasteiger partial charge in [0.15, 0.2) is 0 Å². The molecule has 1 aromatic heterocycles. The van der Waals surface area contributed by atoms with Crippen LogP contribution in [0.1, 0.15) is 0 Å². The third-order valence-electron chi connectivity index (χ3n) is 4.57. The SMILES string of the molecule is C=CC(=O)OCC(O)COCCOCC(O)COc1ccc2cc(-c3ccccc3)oc2c1. The largest absolute Gasteiger partial charge is 0.491 e. The molecule has 0 aliphatic rings. The molecule has 0 radical (unpaired) electrons. The number of carbonyl (C=O) groups is 1. The van der Waals surface area contributed by atoms with E-state index in [4.69, 9.17) is 23.4 Å². The summed E-state index contributed by atoms with van der Waals surface area (Å²) in [6.45, 7) is 3.69. The van der Waals surface area contributed by atoms with Gasteiger partial charge in [0.25, 0.3) is 0 Å². The summed E-state index contributed by atoms with van der Waals surface area (Å²) in [5.41, 5.74) is 1.70. The summed E-state index contributed by atoms with van der Waals surface area (Å²) in [5, 5.41) is 20.6. The van der Waals surface area contributed by atoms with Crippen molar-refractivity contribution in [1.29, 1.82) is 0 Å². The summed E-state index contributed by atoms with van der Waals surface area (Å²) in [4.78, 5) is 10.9. The number of fused-ring (bicyclic) bond motifs is 1. The van der Waals surface area contributed by atoms with Crippen molar-refractivity contribution in [3.63, 3.8) is 0 Å². The van der Waals surface area contributed by atoms with Crippen molar-refractivity contribution in [3.05, 3.63) is 67.3 Å². The Kier molecular flexibility index (Phi) is 9.46. The van der Waals surface area contributed by atoms with Gasteiger partial charge >= 0.3 is 5.97 Å². The van der Waals surface area contributed by atoms with Gasteiger partial charge in [-0.3, -0.25) is 0 Å². The molecule has 3 aromatic rings. The van der Waals surface area contributed by atoms with Crippen LogP contribution in [-0.4, -0.2) is 68.0 Å². The molecule has 0 aliphatic carbocycles. The molecule has 0 fully saturated rings. The maximum atomic E-state index is 10.9. The first-order valence-electron chi connectivity index (χ1n) is 10.6. The molecule has 8 heteroatoms. The Morgan fingerprint density at radius 3 is 2.33 bits per heavy atom. The standard InChI is InChI=1S/C25H28O8/c1-2-25(28)32-17-21(27)15-30-11-10-29-14-20(26)16-31-22-9-8-19-12-23(33-24(19)13-22)18-6-4-3-5-7-18/h2-9,12-13,20-21,26-27H,1,10-11,14-17H2. The van der Waals surface area contributed by atoms with Crippen molar-refractivity contribution < 1.29 is 38.4 Å². The van der Waals surface area contributed by atoms with E-state index < -0.39 is 18.2 Å². The third-order valence-corrected chi connectivity index (χ3v) is 4.57. The molecule has 2 unspecified atom stereocenters. The molecule has 0 spiro atoms. The van der Waals surface area contributed by atoms with Crippen molar-refractivity contribution in [2.75, 3.05) is 39.6 Å². The maximum Gasteiger partial charge on any atom is 0.330 e. The van der Waals surface area contributed by atoms with Crippen molar-refractivity contribution in [1.82, 2.24) is 0 Å². The second-order valence-electron chi connectivity index (χ2n) is 7.28. The van der Waals surface area contributed by atoms with Crippen LogP contribution in [0.3, 0.4) is 0 Å². The summed E-state index contributed by atoms with van der Waals surface area (Å²) in [7, 11) is 0. The van der Waals surface area contributed by atoms with Crippen LogP contribution in [0.5, 0.6) is 5.75 Å². The summed E-state index contributed by atoms with van der Waals surface area (Å²) in [6, 6.07) is 17.3. The van der Waals surface area contributed by atoms with Crippen molar-refractivity contribution >= 4 is 16.9 Å². The third kappa shape index (κ3) is 8.03. The number of hydrogen-bond acceptors (Lipinski definition) is 8. The predicted molar refractivity (Wildman–Crippen MR) is 122 cm³/mol. The zero-order chi connectivity index (χ0) is 23.5. The fraction of sp³-hybridized carbons (Fsp3) is 0.320. The molecule has 2 N–H and O–H groups in total. The number of carbonyl (C=O) groups excluding carboxylic acids is 1. The molecule has 1 heterocycles. The number of benzene rings is 2. The molecule has 0 saturated heterocycles. The Bertz CT molecular complexity index is 1010. The average Bonchev–Trinajstić information content (AvgIpc) is 3.27. The lowest BCUT2D eigenvalue weighted by atomic mass is 10.1. The Labute approximate surface area is 191 Å². The summed E-state index contributed by atoms with van der Waals surface area (Å²) in [6.07, 6.45) is -0.725. The van der Waals surface area contributed by atoms with Gasteiger partial charge in [0.1, 0.15) is 42.5 Å². The molecule has 176 valence electrons. The Balaban J connectivity index is 1.32. The fourth-order valence-corrected chi connectivity index (χ4v) is 2.93. The Morgan fingerprint density at radius 1 is 0.939 bits per heavy atom. The van der Waals surface area contributed by atoms with Crippen LogP contribution in [0, 0.1) is 0 Å². The van der Waals surface area contributed by atoms with Gasteiger partial charge in [-0.25, -0.2) is 4.79 Å². The minimum absolute atomic E-state index is 0.000686. The van der Waals surface area contributed by atoms with E-state index in [2.05, 4.69) is 6.58 Å². The van der Waals surface area contributed by atoms with E-state index in [1.54, 1.807) is 6.07 Å². The van der Waals surface area contributed by atoms with E-state index in [0.29, 0.717) is 11.3 Å². The zero-order valence-electron chi connectivity index (χ0n) is 18.2. The molecule has 0 aliphatic heterocycles. The van der Waals surface area contributed by atoms with Crippen molar-refractivity contribution in [2.45, 2.75) is 12.2 Å². The van der Waals surface area contributed by atoms with Crippen LogP contribution in [0.2, 0.25) is 0 Å². The first kappa shape index (κ1) is 24.5. The highest BCUT2D eigenvalue weighted by Crippen LogP contribution is 2.30. The Morgan fingerprint density at radius 2 is 1.64 bits per heavy atom. The van der Waals surface area contributed by atoms with E-state index >= 15 is 0 Å². The Hall–Kier alpha value is -3.17. The lowest BCUT2D eigenvalue weighted by Gasteiger charge is -2.14.